The largest absolute Gasteiger partial charge is 0.461 e. The first kappa shape index (κ1) is 16.0. The van der Waals surface area contributed by atoms with Gasteiger partial charge in [-0.15, -0.1) is 10.2 Å². The van der Waals surface area contributed by atoms with Crippen LogP contribution in [-0.2, 0) is 16.1 Å². The molecule has 132 valence electrons. The fraction of sp³-hybridized carbons (Fsp3) is 0.235. The van der Waals surface area contributed by atoms with E-state index in [1.54, 1.807) is 35.2 Å². The van der Waals surface area contributed by atoms with E-state index in [1.807, 2.05) is 6.07 Å². The number of nitrogens with one attached hydrogen (secondary N) is 1. The summed E-state index contributed by atoms with van der Waals surface area (Å²) in [5, 5.41) is 14.6. The van der Waals surface area contributed by atoms with Crippen molar-refractivity contribution in [1.82, 2.24) is 20.2 Å². The van der Waals surface area contributed by atoms with E-state index in [2.05, 4.69) is 20.7 Å². The molecule has 1 aliphatic heterocycles. The van der Waals surface area contributed by atoms with Crippen LogP contribution in [-0.4, -0.2) is 38.6 Å². The molecule has 3 heterocycles. The van der Waals surface area contributed by atoms with E-state index in [9.17, 15) is 9.59 Å². The van der Waals surface area contributed by atoms with Crippen LogP contribution in [0.3, 0.4) is 0 Å². The van der Waals surface area contributed by atoms with E-state index < -0.39 is 0 Å². The predicted molar refractivity (Wildman–Crippen MR) is 92.2 cm³/mol. The molecular weight excluding hydrogens is 336 g/mol. The zero-order valence-corrected chi connectivity index (χ0v) is 13.8. The van der Waals surface area contributed by atoms with Crippen LogP contribution in [0.4, 0.5) is 11.4 Å². The van der Waals surface area contributed by atoms with Crippen LogP contribution in [0.15, 0.2) is 47.1 Å². The average Bonchev–Trinajstić information content (AvgIpc) is 3.35. The van der Waals surface area contributed by atoms with Gasteiger partial charge in [-0.1, -0.05) is 6.07 Å². The van der Waals surface area contributed by atoms with Gasteiger partial charge in [0.1, 0.15) is 6.54 Å². The Labute approximate surface area is 148 Å². The summed E-state index contributed by atoms with van der Waals surface area (Å²) in [6, 6.07) is 10.6. The molecule has 1 aliphatic rings. The molecule has 2 amide bonds. The van der Waals surface area contributed by atoms with E-state index in [0.717, 1.165) is 12.1 Å². The lowest BCUT2D eigenvalue weighted by molar-refractivity contribution is -0.117. The first-order valence-electron chi connectivity index (χ1n) is 8.21. The molecule has 9 heteroatoms. The van der Waals surface area contributed by atoms with Crippen LogP contribution in [0.25, 0.3) is 11.6 Å². The summed E-state index contributed by atoms with van der Waals surface area (Å²) in [4.78, 5) is 27.0. The third kappa shape index (κ3) is 3.32. The Morgan fingerprint density at radius 2 is 2.19 bits per heavy atom. The van der Waals surface area contributed by atoms with Crippen LogP contribution in [0.1, 0.15) is 12.8 Å². The van der Waals surface area contributed by atoms with Gasteiger partial charge in [0.2, 0.25) is 17.6 Å². The lowest BCUT2D eigenvalue weighted by atomic mass is 10.2. The minimum atomic E-state index is -0.293. The highest BCUT2D eigenvalue weighted by molar-refractivity contribution is 5.97. The van der Waals surface area contributed by atoms with Crippen LogP contribution >= 0.6 is 0 Å². The number of aromatic nitrogens is 4. The number of nitrogens with zero attached hydrogens (tertiary/aromatic N) is 5. The molecule has 1 N–H and O–H groups in total. The summed E-state index contributed by atoms with van der Waals surface area (Å²) < 4.78 is 5.19. The van der Waals surface area contributed by atoms with Gasteiger partial charge in [0.05, 0.1) is 6.26 Å². The molecule has 9 nitrogen and oxygen atoms in total. The maximum absolute atomic E-state index is 12.2. The lowest BCUT2D eigenvalue weighted by Crippen LogP contribution is -2.24. The maximum Gasteiger partial charge on any atom is 0.248 e. The number of furan rings is 1. The van der Waals surface area contributed by atoms with Crippen molar-refractivity contribution < 1.29 is 14.0 Å². The minimum absolute atomic E-state index is 0.0828. The maximum atomic E-state index is 12.2. The molecule has 0 unspecified atom stereocenters. The molecule has 0 radical (unpaired) electrons. The van der Waals surface area contributed by atoms with Gasteiger partial charge in [0, 0.05) is 24.3 Å². The number of hydrogen-bond donors (Lipinski definition) is 1. The Morgan fingerprint density at radius 3 is 2.96 bits per heavy atom. The minimum Gasteiger partial charge on any atom is -0.461 e. The van der Waals surface area contributed by atoms with Gasteiger partial charge in [0.25, 0.3) is 0 Å². The fourth-order valence-electron chi connectivity index (χ4n) is 2.82. The molecule has 4 rings (SSSR count). The predicted octanol–water partition coefficient (Wildman–Crippen LogP) is 1.70. The van der Waals surface area contributed by atoms with Gasteiger partial charge in [-0.2, -0.15) is 4.80 Å². The van der Waals surface area contributed by atoms with Crippen molar-refractivity contribution in [3.63, 3.8) is 0 Å². The molecule has 1 saturated heterocycles. The molecule has 3 aromatic rings. The van der Waals surface area contributed by atoms with E-state index in [4.69, 9.17) is 4.42 Å². The Morgan fingerprint density at radius 1 is 1.27 bits per heavy atom. The third-order valence-electron chi connectivity index (χ3n) is 3.99. The SMILES string of the molecule is O=C(Cn1nnc(-c2ccco2)n1)Nc1cccc(N2CCCC2=O)c1. The lowest BCUT2D eigenvalue weighted by Gasteiger charge is -2.16. The van der Waals surface area contributed by atoms with Crippen LogP contribution < -0.4 is 10.2 Å². The molecule has 0 aliphatic carbocycles. The summed E-state index contributed by atoms with van der Waals surface area (Å²) in [6.45, 7) is 0.620. The summed E-state index contributed by atoms with van der Waals surface area (Å²) in [5.41, 5.74) is 1.39. The third-order valence-corrected chi connectivity index (χ3v) is 3.99. The van der Waals surface area contributed by atoms with Crippen LogP contribution in [0.2, 0.25) is 0 Å². The van der Waals surface area contributed by atoms with Gasteiger partial charge in [-0.3, -0.25) is 9.59 Å². The van der Waals surface area contributed by atoms with E-state index >= 15 is 0 Å². The summed E-state index contributed by atoms with van der Waals surface area (Å²) in [5.74, 6) is 0.612. The Bertz CT molecular complexity index is 934. The topological polar surface area (TPSA) is 106 Å². The van der Waals surface area contributed by atoms with Gasteiger partial charge >= 0.3 is 0 Å². The normalized spacial score (nSPS) is 14.0. The molecule has 0 spiro atoms. The van der Waals surface area contributed by atoms with Gasteiger partial charge in [0.15, 0.2) is 5.76 Å². The number of tetrazole rings is 1. The first-order chi connectivity index (χ1) is 12.7. The monoisotopic (exact) mass is 352 g/mol. The quantitative estimate of drug-likeness (QED) is 0.749. The average molecular weight is 352 g/mol. The number of rotatable bonds is 5. The van der Waals surface area contributed by atoms with E-state index in [0.29, 0.717) is 30.2 Å². The molecule has 26 heavy (non-hydrogen) atoms. The van der Waals surface area contributed by atoms with Crippen LogP contribution in [0.5, 0.6) is 0 Å². The number of carbonyl (C=O) groups excluding carboxylic acids is 2. The number of carbonyl (C=O) groups is 2. The van der Waals surface area contributed by atoms with Gasteiger partial charge in [-0.25, -0.2) is 0 Å². The second-order valence-corrected chi connectivity index (χ2v) is 5.87. The van der Waals surface area contributed by atoms with Crippen molar-refractivity contribution in [3.05, 3.63) is 42.7 Å². The molecular formula is C17H16N6O3. The van der Waals surface area contributed by atoms with Crippen molar-refractivity contribution in [2.45, 2.75) is 19.4 Å². The summed E-state index contributed by atoms with van der Waals surface area (Å²) >= 11 is 0. The molecule has 0 atom stereocenters. The summed E-state index contributed by atoms with van der Waals surface area (Å²) in [6.07, 6.45) is 2.93. The smallest absolute Gasteiger partial charge is 0.248 e. The number of benzene rings is 1. The van der Waals surface area contributed by atoms with E-state index in [1.165, 1.54) is 11.1 Å². The Hall–Kier alpha value is -3.49. The van der Waals surface area contributed by atoms with Crippen molar-refractivity contribution in [1.29, 1.82) is 0 Å². The first-order valence-corrected chi connectivity index (χ1v) is 8.21. The van der Waals surface area contributed by atoms with Crippen molar-refractivity contribution in [2.75, 3.05) is 16.8 Å². The van der Waals surface area contributed by atoms with Crippen molar-refractivity contribution in [3.8, 4) is 11.6 Å². The van der Waals surface area contributed by atoms with Gasteiger partial charge in [-0.05, 0) is 42.0 Å². The number of amides is 2. The molecule has 0 saturated carbocycles. The van der Waals surface area contributed by atoms with Crippen molar-refractivity contribution >= 4 is 23.2 Å². The Balaban J connectivity index is 1.41. The number of hydrogen-bond acceptors (Lipinski definition) is 6. The summed E-state index contributed by atoms with van der Waals surface area (Å²) in [7, 11) is 0. The highest BCUT2D eigenvalue weighted by Gasteiger charge is 2.21. The highest BCUT2D eigenvalue weighted by atomic mass is 16.3. The molecule has 0 bridgehead atoms. The molecule has 1 aromatic carbocycles. The fourth-order valence-corrected chi connectivity index (χ4v) is 2.82. The van der Waals surface area contributed by atoms with Gasteiger partial charge < -0.3 is 14.6 Å². The molecule has 2 aromatic heterocycles. The van der Waals surface area contributed by atoms with Crippen molar-refractivity contribution in [2.24, 2.45) is 0 Å². The second-order valence-electron chi connectivity index (χ2n) is 5.87. The van der Waals surface area contributed by atoms with E-state index in [-0.39, 0.29) is 18.4 Å². The van der Waals surface area contributed by atoms with Crippen LogP contribution in [0, 0.1) is 0 Å². The zero-order valence-electron chi connectivity index (χ0n) is 13.8. The molecule has 1 fully saturated rings. The Kier molecular flexibility index (Phi) is 4.18. The number of anilines is 2. The highest BCUT2D eigenvalue weighted by Crippen LogP contribution is 2.24. The zero-order chi connectivity index (χ0) is 17.9. The standard InChI is InChI=1S/C17H16N6O3/c24-15(11-23-20-17(19-21-23)14-6-3-9-26-14)18-12-4-1-5-13(10-12)22-8-2-7-16(22)25/h1,3-6,9-10H,2,7-8,11H2,(H,18,24). The second kappa shape index (κ2) is 6.79.